The Balaban J connectivity index is 2.16. The third kappa shape index (κ3) is 2.67. The van der Waals surface area contributed by atoms with E-state index in [2.05, 4.69) is 49.0 Å². The summed E-state index contributed by atoms with van der Waals surface area (Å²) in [5.41, 5.74) is 2.14. The molecule has 3 nitrogen and oxygen atoms in total. The third-order valence-corrected chi connectivity index (χ3v) is 3.33. The summed E-state index contributed by atoms with van der Waals surface area (Å²) >= 11 is 0. The molecule has 17 heavy (non-hydrogen) atoms. The van der Waals surface area contributed by atoms with Gasteiger partial charge in [0.2, 0.25) is 0 Å². The molecule has 0 aliphatic heterocycles. The maximum atomic E-state index is 4.61. The number of aromatic amines is 1. The van der Waals surface area contributed by atoms with Crippen molar-refractivity contribution in [2.45, 2.75) is 39.8 Å². The lowest BCUT2D eigenvalue weighted by atomic mass is 10.1. The average Bonchev–Trinajstić information content (AvgIpc) is 2.72. The van der Waals surface area contributed by atoms with Gasteiger partial charge in [0.1, 0.15) is 5.82 Å². The largest absolute Gasteiger partial charge is 0.341 e. The smallest absolute Gasteiger partial charge is 0.124 e. The first kappa shape index (κ1) is 12.1. The summed E-state index contributed by atoms with van der Waals surface area (Å²) in [6.45, 7) is 8.81. The zero-order chi connectivity index (χ0) is 12.4. The Bertz CT molecular complexity index is 454. The van der Waals surface area contributed by atoms with Gasteiger partial charge in [0.05, 0.1) is 17.1 Å². The molecule has 2 unspecified atom stereocenters. The number of hydrogen-bond donors (Lipinski definition) is 2. The number of nitrogens with zero attached hydrogens (tertiary/aromatic N) is 1. The van der Waals surface area contributed by atoms with Crippen LogP contribution < -0.4 is 5.32 Å². The van der Waals surface area contributed by atoms with Gasteiger partial charge in [0.15, 0.2) is 0 Å². The molecule has 1 heterocycles. The van der Waals surface area contributed by atoms with Crippen LogP contribution in [0.5, 0.6) is 0 Å². The van der Waals surface area contributed by atoms with E-state index >= 15 is 0 Å². The van der Waals surface area contributed by atoms with Gasteiger partial charge in [-0.3, -0.25) is 0 Å². The molecule has 2 aromatic rings. The first-order chi connectivity index (χ1) is 8.08. The zero-order valence-electron chi connectivity index (χ0n) is 11.0. The van der Waals surface area contributed by atoms with Crippen LogP contribution in [0.25, 0.3) is 11.0 Å². The van der Waals surface area contributed by atoms with E-state index < -0.39 is 0 Å². The van der Waals surface area contributed by atoms with Crippen molar-refractivity contribution >= 4 is 11.0 Å². The first-order valence-corrected chi connectivity index (χ1v) is 6.28. The van der Waals surface area contributed by atoms with Gasteiger partial charge in [-0.05, 0) is 31.9 Å². The fourth-order valence-electron chi connectivity index (χ4n) is 1.84. The molecule has 0 aliphatic rings. The first-order valence-electron chi connectivity index (χ1n) is 6.28. The summed E-state index contributed by atoms with van der Waals surface area (Å²) in [6, 6.07) is 8.87. The minimum atomic E-state index is 0.250. The lowest BCUT2D eigenvalue weighted by Gasteiger charge is -2.21. The molecule has 0 fully saturated rings. The maximum absolute atomic E-state index is 4.61. The molecule has 0 amide bonds. The van der Waals surface area contributed by atoms with Crippen molar-refractivity contribution in [2.24, 2.45) is 5.92 Å². The minimum Gasteiger partial charge on any atom is -0.341 e. The van der Waals surface area contributed by atoms with Crippen molar-refractivity contribution in [2.75, 3.05) is 0 Å². The number of benzene rings is 1. The monoisotopic (exact) mass is 231 g/mol. The molecule has 0 saturated heterocycles. The van der Waals surface area contributed by atoms with Gasteiger partial charge in [-0.15, -0.1) is 0 Å². The van der Waals surface area contributed by atoms with Gasteiger partial charge in [-0.2, -0.15) is 0 Å². The van der Waals surface area contributed by atoms with Gasteiger partial charge < -0.3 is 10.3 Å². The van der Waals surface area contributed by atoms with Gasteiger partial charge in [0, 0.05) is 6.04 Å². The average molecular weight is 231 g/mol. The molecule has 2 rings (SSSR count). The molecule has 0 spiro atoms. The van der Waals surface area contributed by atoms with E-state index in [4.69, 9.17) is 0 Å². The number of imidazole rings is 1. The highest BCUT2D eigenvalue weighted by molar-refractivity contribution is 5.74. The van der Waals surface area contributed by atoms with E-state index in [1.165, 1.54) is 0 Å². The van der Waals surface area contributed by atoms with Gasteiger partial charge >= 0.3 is 0 Å². The molecule has 0 bridgehead atoms. The fourth-order valence-corrected chi connectivity index (χ4v) is 1.84. The van der Waals surface area contributed by atoms with Crippen LogP contribution in [0.15, 0.2) is 24.3 Å². The van der Waals surface area contributed by atoms with Gasteiger partial charge in [-0.25, -0.2) is 4.98 Å². The van der Waals surface area contributed by atoms with Crippen LogP contribution in [0.3, 0.4) is 0 Å². The predicted molar refractivity (Wildman–Crippen MR) is 71.9 cm³/mol. The predicted octanol–water partition coefficient (Wildman–Crippen LogP) is 3.26. The van der Waals surface area contributed by atoms with Gasteiger partial charge in [0.25, 0.3) is 0 Å². The normalized spacial score (nSPS) is 15.4. The van der Waals surface area contributed by atoms with Crippen LogP contribution in [-0.2, 0) is 0 Å². The van der Waals surface area contributed by atoms with E-state index in [0.29, 0.717) is 12.0 Å². The number of H-pyrrole nitrogens is 1. The van der Waals surface area contributed by atoms with Crippen molar-refractivity contribution in [3.05, 3.63) is 30.1 Å². The Morgan fingerprint density at radius 2 is 1.82 bits per heavy atom. The Labute approximate surface area is 103 Å². The minimum absolute atomic E-state index is 0.250. The maximum Gasteiger partial charge on any atom is 0.124 e. The van der Waals surface area contributed by atoms with Crippen molar-refractivity contribution in [1.29, 1.82) is 0 Å². The van der Waals surface area contributed by atoms with E-state index in [1.54, 1.807) is 0 Å². The van der Waals surface area contributed by atoms with Gasteiger partial charge in [-0.1, -0.05) is 26.0 Å². The van der Waals surface area contributed by atoms with E-state index in [-0.39, 0.29) is 6.04 Å². The summed E-state index contributed by atoms with van der Waals surface area (Å²) in [6.07, 6.45) is 0. The Kier molecular flexibility index (Phi) is 3.48. The van der Waals surface area contributed by atoms with Crippen LogP contribution in [0, 0.1) is 5.92 Å². The van der Waals surface area contributed by atoms with Crippen molar-refractivity contribution in [1.82, 2.24) is 15.3 Å². The highest BCUT2D eigenvalue weighted by Gasteiger charge is 2.14. The van der Waals surface area contributed by atoms with Crippen LogP contribution in [0.4, 0.5) is 0 Å². The van der Waals surface area contributed by atoms with Crippen LogP contribution in [-0.4, -0.2) is 16.0 Å². The molecule has 0 aliphatic carbocycles. The Morgan fingerprint density at radius 1 is 1.12 bits per heavy atom. The number of nitrogens with one attached hydrogen (secondary N) is 2. The Morgan fingerprint density at radius 3 is 2.47 bits per heavy atom. The molecule has 0 radical (unpaired) electrons. The topological polar surface area (TPSA) is 40.7 Å². The molecule has 3 heteroatoms. The summed E-state index contributed by atoms with van der Waals surface area (Å²) in [5, 5.41) is 3.56. The van der Waals surface area contributed by atoms with E-state index in [1.807, 2.05) is 18.2 Å². The molecule has 2 atom stereocenters. The number of aromatic nitrogens is 2. The van der Waals surface area contributed by atoms with Crippen molar-refractivity contribution < 1.29 is 0 Å². The quantitative estimate of drug-likeness (QED) is 0.848. The van der Waals surface area contributed by atoms with Crippen LogP contribution in [0.2, 0.25) is 0 Å². The third-order valence-electron chi connectivity index (χ3n) is 3.33. The summed E-state index contributed by atoms with van der Waals surface area (Å²) < 4.78 is 0. The molecule has 1 aromatic carbocycles. The standard InChI is InChI=1S/C14H21N3/c1-9(2)10(3)15-11(4)14-16-12-7-5-6-8-13(12)17-14/h5-11,15H,1-4H3,(H,16,17). The molecule has 92 valence electrons. The molecular weight excluding hydrogens is 210 g/mol. The van der Waals surface area contributed by atoms with Crippen molar-refractivity contribution in [3.8, 4) is 0 Å². The van der Waals surface area contributed by atoms with Crippen LogP contribution in [0.1, 0.15) is 39.6 Å². The Hall–Kier alpha value is -1.35. The molecule has 1 aromatic heterocycles. The zero-order valence-corrected chi connectivity index (χ0v) is 11.0. The lowest BCUT2D eigenvalue weighted by Crippen LogP contribution is -2.33. The second-order valence-corrected chi connectivity index (χ2v) is 5.06. The molecular formula is C14H21N3. The van der Waals surface area contributed by atoms with E-state index in [0.717, 1.165) is 16.9 Å². The summed E-state index contributed by atoms with van der Waals surface area (Å²) in [7, 11) is 0. The molecule has 2 N–H and O–H groups in total. The highest BCUT2D eigenvalue weighted by Crippen LogP contribution is 2.16. The summed E-state index contributed by atoms with van der Waals surface area (Å²) in [5.74, 6) is 1.64. The number of fused-ring (bicyclic) bond motifs is 1. The molecule has 0 saturated carbocycles. The summed E-state index contributed by atoms with van der Waals surface area (Å²) in [4.78, 5) is 7.97. The SMILES string of the molecule is CC(NC(C)C(C)C)c1nc2ccccc2[nH]1. The fraction of sp³-hybridized carbons (Fsp3) is 0.500. The van der Waals surface area contributed by atoms with E-state index in [9.17, 15) is 0 Å². The highest BCUT2D eigenvalue weighted by atomic mass is 15.0. The number of hydrogen-bond acceptors (Lipinski definition) is 2. The second-order valence-electron chi connectivity index (χ2n) is 5.06. The number of para-hydroxylation sites is 2. The lowest BCUT2D eigenvalue weighted by molar-refractivity contribution is 0.382. The van der Waals surface area contributed by atoms with Crippen molar-refractivity contribution in [3.63, 3.8) is 0 Å². The van der Waals surface area contributed by atoms with Crippen LogP contribution >= 0.6 is 0 Å². The number of rotatable bonds is 4. The second kappa shape index (κ2) is 4.88.